The number of carbonyl (C=O) groups is 1. The third kappa shape index (κ3) is 1.11. The summed E-state index contributed by atoms with van der Waals surface area (Å²) in [6, 6.07) is 0. The van der Waals surface area contributed by atoms with Gasteiger partial charge in [-0.25, -0.2) is 4.79 Å². The lowest BCUT2D eigenvalue weighted by atomic mass is 10.1. The molecule has 11 heavy (non-hydrogen) atoms. The maximum atomic E-state index is 11.0. The summed E-state index contributed by atoms with van der Waals surface area (Å²) >= 11 is 0. The molecule has 62 valence electrons. The van der Waals surface area contributed by atoms with E-state index >= 15 is 0 Å². The topological polar surface area (TPSA) is 35.5 Å². The molecule has 0 saturated carbocycles. The van der Waals surface area contributed by atoms with E-state index in [1.165, 1.54) is 0 Å². The van der Waals surface area contributed by atoms with Gasteiger partial charge in [0.15, 0.2) is 5.60 Å². The molecule has 0 amide bonds. The van der Waals surface area contributed by atoms with Crippen molar-refractivity contribution < 1.29 is 14.3 Å². The summed E-state index contributed by atoms with van der Waals surface area (Å²) in [5.41, 5.74) is -0.0203. The van der Waals surface area contributed by atoms with Crippen LogP contribution < -0.4 is 0 Å². The minimum absolute atomic E-state index is 0.285. The molecule has 0 aromatic heterocycles. The predicted octanol–water partition coefficient (Wildman–Crippen LogP) is 1.24. The van der Waals surface area contributed by atoms with Crippen LogP contribution in [-0.2, 0) is 14.3 Å². The van der Waals surface area contributed by atoms with E-state index in [1.807, 2.05) is 0 Å². The number of methoxy groups -OCH3 is 1. The zero-order valence-corrected chi connectivity index (χ0v) is 7.22. The first-order valence-corrected chi connectivity index (χ1v) is 3.47. The molecule has 0 radical (unpaired) electrons. The molecular weight excluding hydrogens is 144 g/mol. The van der Waals surface area contributed by atoms with Crippen molar-refractivity contribution in [2.45, 2.75) is 26.4 Å². The van der Waals surface area contributed by atoms with Gasteiger partial charge in [0.25, 0.3) is 0 Å². The first-order valence-electron chi connectivity index (χ1n) is 3.47. The van der Waals surface area contributed by atoms with Crippen molar-refractivity contribution in [1.82, 2.24) is 0 Å². The highest BCUT2D eigenvalue weighted by Gasteiger charge is 2.39. The largest absolute Gasteiger partial charge is 0.496 e. The number of esters is 1. The van der Waals surface area contributed by atoms with E-state index in [0.717, 1.165) is 0 Å². The van der Waals surface area contributed by atoms with Crippen LogP contribution >= 0.6 is 0 Å². The Morgan fingerprint density at radius 1 is 1.45 bits per heavy atom. The van der Waals surface area contributed by atoms with E-state index in [0.29, 0.717) is 11.3 Å². The summed E-state index contributed by atoms with van der Waals surface area (Å²) < 4.78 is 10.1. The fraction of sp³-hybridized carbons (Fsp3) is 0.625. The molecule has 1 heterocycles. The van der Waals surface area contributed by atoms with E-state index in [4.69, 9.17) is 9.47 Å². The molecule has 0 fully saturated rings. The Morgan fingerprint density at radius 3 is 2.18 bits per heavy atom. The summed E-state index contributed by atoms with van der Waals surface area (Å²) in [7, 11) is 1.54. The van der Waals surface area contributed by atoms with E-state index in [1.54, 1.807) is 27.9 Å². The average Bonchev–Trinajstić information content (AvgIpc) is 2.03. The molecule has 0 atom stereocenters. The van der Waals surface area contributed by atoms with Gasteiger partial charge in [0, 0.05) is 0 Å². The average molecular weight is 156 g/mol. The minimum atomic E-state index is -0.587. The van der Waals surface area contributed by atoms with Gasteiger partial charge in [0.1, 0.15) is 5.76 Å². The van der Waals surface area contributed by atoms with Crippen LogP contribution in [0.5, 0.6) is 0 Å². The van der Waals surface area contributed by atoms with Crippen LogP contribution in [-0.4, -0.2) is 18.7 Å². The Kier molecular flexibility index (Phi) is 1.66. The Bertz CT molecular complexity index is 225. The van der Waals surface area contributed by atoms with Gasteiger partial charge in [0.05, 0.1) is 12.7 Å². The van der Waals surface area contributed by atoms with Gasteiger partial charge in [-0.05, 0) is 20.8 Å². The maximum absolute atomic E-state index is 11.0. The molecule has 0 saturated heterocycles. The Balaban J connectivity index is 3.06. The highest BCUT2D eigenvalue weighted by Crippen LogP contribution is 2.31. The number of hydrogen-bond acceptors (Lipinski definition) is 3. The van der Waals surface area contributed by atoms with Crippen molar-refractivity contribution in [3.05, 3.63) is 11.3 Å². The normalized spacial score (nSPS) is 22.0. The number of carbonyl (C=O) groups excluding carboxylic acids is 1. The number of ether oxygens (including phenoxy) is 2. The van der Waals surface area contributed by atoms with Crippen LogP contribution in [0.1, 0.15) is 20.8 Å². The SMILES string of the molecule is COC1=C(C)C(=O)OC1(C)C. The Labute approximate surface area is 66.0 Å². The van der Waals surface area contributed by atoms with Crippen molar-refractivity contribution in [2.75, 3.05) is 7.11 Å². The molecule has 0 spiro atoms. The highest BCUT2D eigenvalue weighted by molar-refractivity contribution is 5.91. The first-order chi connectivity index (χ1) is 4.99. The van der Waals surface area contributed by atoms with Gasteiger partial charge in [-0.3, -0.25) is 0 Å². The standard InChI is InChI=1S/C8H12O3/c1-5-6(10-4)8(2,3)11-7(5)9/h1-4H3. The Hall–Kier alpha value is -0.990. The van der Waals surface area contributed by atoms with Crippen LogP contribution in [0.3, 0.4) is 0 Å². The van der Waals surface area contributed by atoms with Gasteiger partial charge in [0.2, 0.25) is 0 Å². The monoisotopic (exact) mass is 156 g/mol. The molecule has 1 aliphatic rings. The fourth-order valence-corrected chi connectivity index (χ4v) is 1.30. The second kappa shape index (κ2) is 2.26. The van der Waals surface area contributed by atoms with E-state index in [-0.39, 0.29) is 5.97 Å². The third-order valence-electron chi connectivity index (χ3n) is 1.75. The van der Waals surface area contributed by atoms with Crippen LogP contribution in [0.2, 0.25) is 0 Å². The van der Waals surface area contributed by atoms with Gasteiger partial charge in [-0.15, -0.1) is 0 Å². The summed E-state index contributed by atoms with van der Waals surface area (Å²) in [6.45, 7) is 5.32. The second-order valence-corrected chi connectivity index (χ2v) is 3.06. The molecule has 0 bridgehead atoms. The van der Waals surface area contributed by atoms with Gasteiger partial charge >= 0.3 is 5.97 Å². The smallest absolute Gasteiger partial charge is 0.338 e. The van der Waals surface area contributed by atoms with E-state index in [9.17, 15) is 4.79 Å². The zero-order chi connectivity index (χ0) is 8.65. The van der Waals surface area contributed by atoms with Gasteiger partial charge in [-0.2, -0.15) is 0 Å². The van der Waals surface area contributed by atoms with E-state index < -0.39 is 5.60 Å². The molecule has 0 aromatic rings. The minimum Gasteiger partial charge on any atom is -0.496 e. The summed E-state index contributed by atoms with van der Waals surface area (Å²) in [4.78, 5) is 11.0. The van der Waals surface area contributed by atoms with E-state index in [2.05, 4.69) is 0 Å². The number of rotatable bonds is 1. The van der Waals surface area contributed by atoms with Gasteiger partial charge < -0.3 is 9.47 Å². The molecule has 0 N–H and O–H groups in total. The molecule has 3 heteroatoms. The van der Waals surface area contributed by atoms with Crippen molar-refractivity contribution in [2.24, 2.45) is 0 Å². The Morgan fingerprint density at radius 2 is 2.00 bits per heavy atom. The van der Waals surface area contributed by atoms with Crippen LogP contribution in [0.4, 0.5) is 0 Å². The van der Waals surface area contributed by atoms with Crippen molar-refractivity contribution in [1.29, 1.82) is 0 Å². The van der Waals surface area contributed by atoms with Gasteiger partial charge in [-0.1, -0.05) is 0 Å². The zero-order valence-electron chi connectivity index (χ0n) is 7.22. The van der Waals surface area contributed by atoms with Crippen molar-refractivity contribution in [3.63, 3.8) is 0 Å². The quantitative estimate of drug-likeness (QED) is 0.536. The summed E-state index contributed by atoms with van der Waals surface area (Å²) in [5.74, 6) is 0.342. The third-order valence-corrected chi connectivity index (χ3v) is 1.75. The molecular formula is C8H12O3. The van der Waals surface area contributed by atoms with Crippen LogP contribution in [0.15, 0.2) is 11.3 Å². The fourth-order valence-electron chi connectivity index (χ4n) is 1.30. The molecule has 0 aromatic carbocycles. The van der Waals surface area contributed by atoms with Crippen molar-refractivity contribution >= 4 is 5.97 Å². The summed E-state index contributed by atoms with van der Waals surface area (Å²) in [5, 5.41) is 0. The highest BCUT2D eigenvalue weighted by atomic mass is 16.6. The molecule has 1 aliphatic heterocycles. The number of hydrogen-bond donors (Lipinski definition) is 0. The second-order valence-electron chi connectivity index (χ2n) is 3.06. The molecule has 0 aliphatic carbocycles. The lowest BCUT2D eigenvalue weighted by Gasteiger charge is -2.19. The number of cyclic esters (lactones) is 1. The maximum Gasteiger partial charge on any atom is 0.338 e. The predicted molar refractivity (Wildman–Crippen MR) is 39.9 cm³/mol. The van der Waals surface area contributed by atoms with Crippen molar-refractivity contribution in [3.8, 4) is 0 Å². The molecule has 0 unspecified atom stereocenters. The summed E-state index contributed by atoms with van der Waals surface area (Å²) in [6.07, 6.45) is 0. The first kappa shape index (κ1) is 8.11. The molecule has 1 rings (SSSR count). The lowest BCUT2D eigenvalue weighted by molar-refractivity contribution is -0.145. The van der Waals surface area contributed by atoms with Crippen LogP contribution in [0.25, 0.3) is 0 Å². The lowest BCUT2D eigenvalue weighted by Crippen LogP contribution is -2.23. The van der Waals surface area contributed by atoms with Crippen LogP contribution in [0, 0.1) is 0 Å². The molecule has 3 nitrogen and oxygen atoms in total.